The van der Waals surface area contributed by atoms with Gasteiger partial charge in [-0.25, -0.2) is 4.68 Å². The van der Waals surface area contributed by atoms with E-state index in [0.29, 0.717) is 0 Å². The van der Waals surface area contributed by atoms with Crippen LogP contribution in [0.2, 0.25) is 0 Å². The summed E-state index contributed by atoms with van der Waals surface area (Å²) in [6, 6.07) is 0. The molecule has 0 aliphatic rings. The quantitative estimate of drug-likeness (QED) is 0.710. The number of nitrogens with one attached hydrogen (secondary N) is 1. The van der Waals surface area contributed by atoms with Crippen molar-refractivity contribution in [1.29, 1.82) is 0 Å². The van der Waals surface area contributed by atoms with Gasteiger partial charge in [0, 0.05) is 18.8 Å². The van der Waals surface area contributed by atoms with Crippen LogP contribution < -0.4 is 5.32 Å². The molecule has 0 saturated carbocycles. The van der Waals surface area contributed by atoms with Crippen LogP contribution in [-0.4, -0.2) is 43.6 Å². The van der Waals surface area contributed by atoms with Crippen molar-refractivity contribution >= 4 is 27.7 Å². The molecule has 2 aromatic heterocycles. The second-order valence-electron chi connectivity index (χ2n) is 4.45. The molecule has 0 aliphatic heterocycles. The Morgan fingerprint density at radius 1 is 1.29 bits per heavy atom. The third kappa shape index (κ3) is 3.83. The molecular formula is C12H20BrN7S. The lowest BCUT2D eigenvalue weighted by molar-refractivity contribution is 0.529. The Kier molecular flexibility index (Phi) is 6.19. The number of hydrogen-bond donors (Lipinski definition) is 1. The highest BCUT2D eigenvalue weighted by atomic mass is 79.9. The first-order valence-corrected chi connectivity index (χ1v) is 8.76. The van der Waals surface area contributed by atoms with E-state index < -0.39 is 0 Å². The summed E-state index contributed by atoms with van der Waals surface area (Å²) in [5.41, 5.74) is 2.28. The Hall–Kier alpha value is -0.930. The smallest absolute Gasteiger partial charge is 0.209 e. The average Bonchev–Trinajstić information content (AvgIpc) is 3.07. The summed E-state index contributed by atoms with van der Waals surface area (Å²) in [4.78, 5) is 0. The summed E-state index contributed by atoms with van der Waals surface area (Å²) >= 11 is 5.30. The minimum absolute atomic E-state index is 0.764. The van der Waals surface area contributed by atoms with Gasteiger partial charge in [-0.2, -0.15) is 5.10 Å². The average molecular weight is 374 g/mol. The maximum Gasteiger partial charge on any atom is 0.209 e. The van der Waals surface area contributed by atoms with E-state index >= 15 is 0 Å². The molecule has 0 aliphatic carbocycles. The van der Waals surface area contributed by atoms with Gasteiger partial charge in [-0.05, 0) is 46.7 Å². The summed E-state index contributed by atoms with van der Waals surface area (Å²) in [6.07, 6.45) is 0.922. The van der Waals surface area contributed by atoms with E-state index in [1.165, 1.54) is 5.69 Å². The molecule has 2 rings (SSSR count). The molecule has 9 heteroatoms. The van der Waals surface area contributed by atoms with Crippen LogP contribution >= 0.6 is 27.7 Å². The normalized spacial score (nSPS) is 11.2. The zero-order valence-electron chi connectivity index (χ0n) is 12.5. The molecule has 2 heterocycles. The monoisotopic (exact) mass is 373 g/mol. The molecule has 0 saturated heterocycles. The van der Waals surface area contributed by atoms with Gasteiger partial charge in [0.25, 0.3) is 0 Å². The van der Waals surface area contributed by atoms with Crippen molar-refractivity contribution in [3.05, 3.63) is 15.9 Å². The van der Waals surface area contributed by atoms with Gasteiger partial charge >= 0.3 is 0 Å². The van der Waals surface area contributed by atoms with Crippen LogP contribution in [0.3, 0.4) is 0 Å². The van der Waals surface area contributed by atoms with E-state index in [1.54, 1.807) is 11.8 Å². The van der Waals surface area contributed by atoms with E-state index in [-0.39, 0.29) is 0 Å². The van der Waals surface area contributed by atoms with E-state index in [1.807, 2.05) is 16.4 Å². The SMILES string of the molecule is CCc1nn(CC)c(CSc2nnnn2CCNC)c1Br. The van der Waals surface area contributed by atoms with Gasteiger partial charge in [-0.15, -0.1) is 5.10 Å². The van der Waals surface area contributed by atoms with Crippen LogP contribution in [0.1, 0.15) is 25.2 Å². The molecule has 1 N–H and O–H groups in total. The second-order valence-corrected chi connectivity index (χ2v) is 6.19. The van der Waals surface area contributed by atoms with E-state index in [0.717, 1.165) is 47.1 Å². The van der Waals surface area contributed by atoms with Gasteiger partial charge in [0.1, 0.15) is 0 Å². The van der Waals surface area contributed by atoms with Gasteiger partial charge in [0.05, 0.1) is 22.4 Å². The Bertz CT molecular complexity index is 580. The van der Waals surface area contributed by atoms with Crippen molar-refractivity contribution in [3.8, 4) is 0 Å². The molecule has 7 nitrogen and oxygen atoms in total. The number of hydrogen-bond acceptors (Lipinski definition) is 6. The summed E-state index contributed by atoms with van der Waals surface area (Å²) < 4.78 is 4.97. The van der Waals surface area contributed by atoms with Crippen molar-refractivity contribution in [2.24, 2.45) is 0 Å². The molecule has 2 aromatic rings. The largest absolute Gasteiger partial charge is 0.318 e. The van der Waals surface area contributed by atoms with Crippen molar-refractivity contribution in [3.63, 3.8) is 0 Å². The minimum Gasteiger partial charge on any atom is -0.318 e. The molecule has 21 heavy (non-hydrogen) atoms. The van der Waals surface area contributed by atoms with E-state index in [9.17, 15) is 0 Å². The summed E-state index contributed by atoms with van der Waals surface area (Å²) in [6.45, 7) is 6.68. The van der Waals surface area contributed by atoms with E-state index in [2.05, 4.69) is 55.7 Å². The molecular weight excluding hydrogens is 354 g/mol. The number of halogens is 1. The fourth-order valence-corrected chi connectivity index (χ4v) is 3.77. The van der Waals surface area contributed by atoms with Crippen LogP contribution in [0.4, 0.5) is 0 Å². The number of thioether (sulfide) groups is 1. The minimum atomic E-state index is 0.764. The highest BCUT2D eigenvalue weighted by Gasteiger charge is 2.15. The van der Waals surface area contributed by atoms with Gasteiger partial charge < -0.3 is 5.32 Å². The maximum absolute atomic E-state index is 4.61. The van der Waals surface area contributed by atoms with Crippen LogP contribution in [0.5, 0.6) is 0 Å². The lowest BCUT2D eigenvalue weighted by atomic mass is 10.3. The molecule has 0 spiro atoms. The molecule has 0 fully saturated rings. The standard InChI is InChI=1S/C12H20BrN7S/c1-4-9-11(13)10(19(5-2)16-9)8-21-12-15-17-18-20(12)7-6-14-3/h14H,4-8H2,1-3H3. The van der Waals surface area contributed by atoms with Crippen LogP contribution in [0.25, 0.3) is 0 Å². The fraction of sp³-hybridized carbons (Fsp3) is 0.667. The molecule has 0 radical (unpaired) electrons. The Balaban J connectivity index is 2.09. The number of nitrogens with zero attached hydrogens (tertiary/aromatic N) is 6. The van der Waals surface area contributed by atoms with Crippen molar-refractivity contribution in [1.82, 2.24) is 35.3 Å². The number of likely N-dealkylation sites (N-methyl/N-ethyl adjacent to an activating group) is 1. The topological polar surface area (TPSA) is 73.5 Å². The predicted molar refractivity (Wildman–Crippen MR) is 86.3 cm³/mol. The zero-order chi connectivity index (χ0) is 15.2. The Labute approximate surface area is 137 Å². The molecule has 0 atom stereocenters. The third-order valence-electron chi connectivity index (χ3n) is 3.10. The van der Waals surface area contributed by atoms with Crippen LogP contribution in [-0.2, 0) is 25.3 Å². The molecule has 0 unspecified atom stereocenters. The molecule has 116 valence electrons. The molecule has 0 amide bonds. The molecule has 0 aromatic carbocycles. The number of aromatic nitrogens is 6. The van der Waals surface area contributed by atoms with Crippen molar-refractivity contribution in [2.45, 2.75) is 44.3 Å². The lowest BCUT2D eigenvalue weighted by Crippen LogP contribution is -2.16. The number of rotatable bonds is 8. The number of tetrazole rings is 1. The summed E-state index contributed by atoms with van der Waals surface area (Å²) in [5, 5.41) is 20.4. The second kappa shape index (κ2) is 7.90. The fourth-order valence-electron chi connectivity index (χ4n) is 1.95. The van der Waals surface area contributed by atoms with Gasteiger partial charge in [0.2, 0.25) is 5.16 Å². The van der Waals surface area contributed by atoms with Crippen LogP contribution in [0, 0.1) is 0 Å². The zero-order valence-corrected chi connectivity index (χ0v) is 14.9. The van der Waals surface area contributed by atoms with Gasteiger partial charge in [-0.3, -0.25) is 4.68 Å². The first-order chi connectivity index (χ1) is 10.2. The van der Waals surface area contributed by atoms with Crippen LogP contribution in [0.15, 0.2) is 9.63 Å². The summed E-state index contributed by atoms with van der Waals surface area (Å²) in [5.74, 6) is 0.793. The first-order valence-electron chi connectivity index (χ1n) is 6.98. The summed E-state index contributed by atoms with van der Waals surface area (Å²) in [7, 11) is 1.92. The predicted octanol–water partition coefficient (Wildman–Crippen LogP) is 1.73. The first kappa shape index (κ1) is 16.4. The Morgan fingerprint density at radius 2 is 2.10 bits per heavy atom. The van der Waals surface area contributed by atoms with Gasteiger partial charge in [-0.1, -0.05) is 18.7 Å². The maximum atomic E-state index is 4.61. The highest BCUT2D eigenvalue weighted by Crippen LogP contribution is 2.28. The lowest BCUT2D eigenvalue weighted by Gasteiger charge is -2.06. The highest BCUT2D eigenvalue weighted by molar-refractivity contribution is 9.10. The number of aryl methyl sites for hydroxylation is 2. The van der Waals surface area contributed by atoms with Gasteiger partial charge in [0.15, 0.2) is 0 Å². The third-order valence-corrected chi connectivity index (χ3v) is 4.99. The Morgan fingerprint density at radius 3 is 2.76 bits per heavy atom. The van der Waals surface area contributed by atoms with Crippen molar-refractivity contribution in [2.75, 3.05) is 13.6 Å². The van der Waals surface area contributed by atoms with Crippen molar-refractivity contribution < 1.29 is 0 Å². The van der Waals surface area contributed by atoms with E-state index in [4.69, 9.17) is 0 Å². The molecule has 0 bridgehead atoms.